The summed E-state index contributed by atoms with van der Waals surface area (Å²) in [5.74, 6) is 0. The third kappa shape index (κ3) is 3.92. The minimum atomic E-state index is -3.65. The highest BCUT2D eigenvalue weighted by molar-refractivity contribution is 7.89. The van der Waals surface area contributed by atoms with Crippen LogP contribution in [0, 0.1) is 6.92 Å². The molecule has 130 valence electrons. The van der Waals surface area contributed by atoms with Gasteiger partial charge in [-0.1, -0.05) is 29.8 Å². The number of nitrogens with one attached hydrogen (secondary N) is 2. The molecule has 3 rings (SSSR count). The van der Waals surface area contributed by atoms with Crippen LogP contribution in [0.4, 0.5) is 0 Å². The van der Waals surface area contributed by atoms with Gasteiger partial charge in [-0.05, 0) is 54.6 Å². The lowest BCUT2D eigenvalue weighted by Gasteiger charge is -2.09. The van der Waals surface area contributed by atoms with Gasteiger partial charge in [-0.3, -0.25) is 4.79 Å². The van der Waals surface area contributed by atoms with Crippen LogP contribution >= 0.6 is 11.6 Å². The van der Waals surface area contributed by atoms with E-state index in [9.17, 15) is 13.2 Å². The molecule has 3 aromatic rings. The normalized spacial score (nSPS) is 11.8. The summed E-state index contributed by atoms with van der Waals surface area (Å²) in [5, 5.41) is 1.11. The Balaban J connectivity index is 1.74. The third-order valence-corrected chi connectivity index (χ3v) is 5.89. The lowest BCUT2D eigenvalue weighted by Crippen LogP contribution is -2.26. The van der Waals surface area contributed by atoms with E-state index in [1.165, 1.54) is 6.07 Å². The van der Waals surface area contributed by atoms with Crippen molar-refractivity contribution in [2.45, 2.75) is 18.2 Å². The topological polar surface area (TPSA) is 79.0 Å². The first-order valence-electron chi connectivity index (χ1n) is 7.73. The van der Waals surface area contributed by atoms with Gasteiger partial charge in [0.05, 0.1) is 5.02 Å². The fraction of sp³-hybridized carbons (Fsp3) is 0.167. The molecule has 0 bridgehead atoms. The van der Waals surface area contributed by atoms with Crippen LogP contribution in [0.1, 0.15) is 11.1 Å². The molecule has 2 aromatic carbocycles. The first kappa shape index (κ1) is 17.7. The minimum Gasteiger partial charge on any atom is -0.322 e. The molecule has 7 heteroatoms. The zero-order valence-corrected chi connectivity index (χ0v) is 15.1. The Hall–Kier alpha value is -2.15. The Kier molecular flexibility index (Phi) is 4.94. The molecule has 0 unspecified atom stereocenters. The molecule has 1 heterocycles. The molecule has 0 fully saturated rings. The average molecular weight is 377 g/mol. The van der Waals surface area contributed by atoms with Crippen LogP contribution in [0.2, 0.25) is 5.02 Å². The quantitative estimate of drug-likeness (QED) is 0.718. The maximum Gasteiger partial charge on any atom is 0.251 e. The number of rotatable bonds is 5. The molecule has 0 saturated carbocycles. The second kappa shape index (κ2) is 7.00. The molecule has 5 nitrogen and oxygen atoms in total. The van der Waals surface area contributed by atoms with Gasteiger partial charge in [0, 0.05) is 17.6 Å². The predicted molar refractivity (Wildman–Crippen MR) is 99.7 cm³/mol. The molecule has 0 spiro atoms. The van der Waals surface area contributed by atoms with E-state index in [1.807, 2.05) is 24.3 Å². The van der Waals surface area contributed by atoms with E-state index in [4.69, 9.17) is 11.6 Å². The van der Waals surface area contributed by atoms with Gasteiger partial charge in [-0.25, -0.2) is 13.1 Å². The average Bonchev–Trinajstić information content (AvgIpc) is 2.56. The number of sulfonamides is 1. The van der Waals surface area contributed by atoms with E-state index in [1.54, 1.807) is 25.1 Å². The molecular formula is C18H17ClN2O3S. The zero-order valence-electron chi connectivity index (χ0n) is 13.5. The van der Waals surface area contributed by atoms with Crippen LogP contribution in [0.25, 0.3) is 10.9 Å². The van der Waals surface area contributed by atoms with Crippen LogP contribution in [0.5, 0.6) is 0 Å². The molecule has 0 aliphatic carbocycles. The highest BCUT2D eigenvalue weighted by atomic mass is 35.5. The second-order valence-corrected chi connectivity index (χ2v) is 7.92. The first-order chi connectivity index (χ1) is 11.9. The van der Waals surface area contributed by atoms with E-state index in [2.05, 4.69) is 9.71 Å². The molecule has 0 aliphatic heterocycles. The van der Waals surface area contributed by atoms with E-state index in [0.717, 1.165) is 16.5 Å². The van der Waals surface area contributed by atoms with Crippen molar-refractivity contribution in [2.75, 3.05) is 6.54 Å². The van der Waals surface area contributed by atoms with Gasteiger partial charge in [0.25, 0.3) is 5.56 Å². The maximum atomic E-state index is 12.3. The fourth-order valence-electron chi connectivity index (χ4n) is 2.59. The highest BCUT2D eigenvalue weighted by Gasteiger charge is 2.16. The Morgan fingerprint density at radius 1 is 1.12 bits per heavy atom. The van der Waals surface area contributed by atoms with Gasteiger partial charge >= 0.3 is 0 Å². The lowest BCUT2D eigenvalue weighted by molar-refractivity contribution is 0.581. The number of aromatic nitrogens is 1. The summed E-state index contributed by atoms with van der Waals surface area (Å²) in [6, 6.07) is 13.8. The number of aryl methyl sites for hydroxylation is 1. The standard InChI is InChI=1S/C18H17ClN2O3S/c1-12-10-14-11-13(6-7-16(14)21-18(12)22)8-9-20-25(23,24)17-5-3-2-4-15(17)19/h2-7,10-11,20H,8-9H2,1H3,(H,21,22). The molecule has 0 aliphatic rings. The predicted octanol–water partition coefficient (Wildman–Crippen LogP) is 3.01. The van der Waals surface area contributed by atoms with Crippen molar-refractivity contribution in [3.8, 4) is 0 Å². The number of benzene rings is 2. The summed E-state index contributed by atoms with van der Waals surface area (Å²) in [6.07, 6.45) is 0.526. The summed E-state index contributed by atoms with van der Waals surface area (Å²) in [7, 11) is -3.65. The van der Waals surface area contributed by atoms with Gasteiger partial charge in [0.2, 0.25) is 10.0 Å². The summed E-state index contributed by atoms with van der Waals surface area (Å²) in [6.45, 7) is 2.00. The van der Waals surface area contributed by atoms with E-state index in [0.29, 0.717) is 12.0 Å². The first-order valence-corrected chi connectivity index (χ1v) is 9.60. The van der Waals surface area contributed by atoms with E-state index < -0.39 is 10.0 Å². The Labute approximate surface area is 150 Å². The molecule has 25 heavy (non-hydrogen) atoms. The van der Waals surface area contributed by atoms with E-state index in [-0.39, 0.29) is 22.0 Å². The number of hydrogen-bond donors (Lipinski definition) is 2. The molecule has 0 radical (unpaired) electrons. The SMILES string of the molecule is Cc1cc2cc(CCNS(=O)(=O)c3ccccc3Cl)ccc2[nH]c1=O. The molecule has 0 saturated heterocycles. The number of H-pyrrole nitrogens is 1. The van der Waals surface area contributed by atoms with Gasteiger partial charge in [-0.15, -0.1) is 0 Å². The van der Waals surface area contributed by atoms with Crippen LogP contribution in [-0.2, 0) is 16.4 Å². The third-order valence-electron chi connectivity index (χ3n) is 3.93. The van der Waals surface area contributed by atoms with Crippen LogP contribution < -0.4 is 10.3 Å². The Morgan fingerprint density at radius 3 is 2.64 bits per heavy atom. The number of fused-ring (bicyclic) bond motifs is 1. The molecule has 0 amide bonds. The minimum absolute atomic E-state index is 0.0726. The van der Waals surface area contributed by atoms with Crippen LogP contribution in [-0.4, -0.2) is 19.9 Å². The van der Waals surface area contributed by atoms with E-state index >= 15 is 0 Å². The van der Waals surface area contributed by atoms with Gasteiger partial charge < -0.3 is 4.98 Å². The Morgan fingerprint density at radius 2 is 1.88 bits per heavy atom. The van der Waals surface area contributed by atoms with Crippen molar-refractivity contribution < 1.29 is 8.42 Å². The Bertz CT molecular complexity index is 1090. The van der Waals surface area contributed by atoms with Gasteiger partial charge in [0.15, 0.2) is 0 Å². The van der Waals surface area contributed by atoms with Crippen molar-refractivity contribution >= 4 is 32.5 Å². The smallest absolute Gasteiger partial charge is 0.251 e. The number of halogens is 1. The number of aromatic amines is 1. The highest BCUT2D eigenvalue weighted by Crippen LogP contribution is 2.20. The number of hydrogen-bond acceptors (Lipinski definition) is 3. The van der Waals surface area contributed by atoms with Crippen molar-refractivity contribution in [3.05, 3.63) is 75.0 Å². The summed E-state index contributed by atoms with van der Waals surface area (Å²) < 4.78 is 27.2. The summed E-state index contributed by atoms with van der Waals surface area (Å²) >= 11 is 5.95. The van der Waals surface area contributed by atoms with Crippen LogP contribution in [0.15, 0.2) is 58.2 Å². The summed E-state index contributed by atoms with van der Waals surface area (Å²) in [5.41, 5.74) is 2.27. The molecule has 1 aromatic heterocycles. The van der Waals surface area contributed by atoms with Crippen molar-refractivity contribution in [1.29, 1.82) is 0 Å². The number of pyridine rings is 1. The lowest BCUT2D eigenvalue weighted by atomic mass is 10.1. The van der Waals surface area contributed by atoms with Crippen molar-refractivity contribution in [1.82, 2.24) is 9.71 Å². The monoisotopic (exact) mass is 376 g/mol. The second-order valence-electron chi connectivity index (χ2n) is 5.78. The molecule has 0 atom stereocenters. The fourth-order valence-corrected chi connectivity index (χ4v) is 4.14. The molecular weight excluding hydrogens is 360 g/mol. The van der Waals surface area contributed by atoms with Crippen LogP contribution in [0.3, 0.4) is 0 Å². The van der Waals surface area contributed by atoms with Crippen molar-refractivity contribution in [2.24, 2.45) is 0 Å². The molecule has 2 N–H and O–H groups in total. The zero-order chi connectivity index (χ0) is 18.0. The maximum absolute atomic E-state index is 12.3. The van der Waals surface area contributed by atoms with Crippen molar-refractivity contribution in [3.63, 3.8) is 0 Å². The largest absolute Gasteiger partial charge is 0.322 e. The van der Waals surface area contributed by atoms with Gasteiger partial charge in [-0.2, -0.15) is 0 Å². The summed E-state index contributed by atoms with van der Waals surface area (Å²) in [4.78, 5) is 14.5. The van der Waals surface area contributed by atoms with Gasteiger partial charge in [0.1, 0.15) is 4.90 Å².